The molecule has 4 aromatic carbocycles. The van der Waals surface area contributed by atoms with Gasteiger partial charge in [-0.1, -0.05) is 72.8 Å². The number of benzene rings is 4. The summed E-state index contributed by atoms with van der Waals surface area (Å²) < 4.78 is 1.17. The quantitative estimate of drug-likeness (QED) is 0.308. The number of rotatable bonds is 5. The fourth-order valence-electron chi connectivity index (χ4n) is 4.15. The molecule has 0 saturated heterocycles. The number of carbonyl (C=O) groups excluding carboxylic acids is 1. The molecule has 0 aliphatic heterocycles. The highest BCUT2D eigenvalue weighted by Gasteiger charge is 2.37. The molecule has 0 aliphatic rings. The van der Waals surface area contributed by atoms with Crippen LogP contribution in [0.1, 0.15) is 23.6 Å². The molecule has 3 nitrogen and oxygen atoms in total. The van der Waals surface area contributed by atoms with E-state index in [0.29, 0.717) is 0 Å². The van der Waals surface area contributed by atoms with Gasteiger partial charge in [0.15, 0.2) is 0 Å². The number of fused-ring (bicyclic) bond motifs is 1. The van der Waals surface area contributed by atoms with Crippen LogP contribution < -0.4 is 5.32 Å². The second-order valence-electron chi connectivity index (χ2n) is 8.33. The van der Waals surface area contributed by atoms with Crippen molar-refractivity contribution in [2.45, 2.75) is 19.3 Å². The summed E-state index contributed by atoms with van der Waals surface area (Å²) in [5.41, 5.74) is 4.97. The highest BCUT2D eigenvalue weighted by Crippen LogP contribution is 2.35. The summed E-state index contributed by atoms with van der Waals surface area (Å²) in [7, 11) is 0. The number of nitrogens with zero attached hydrogens (tertiary/aromatic N) is 1. The van der Waals surface area contributed by atoms with Crippen molar-refractivity contribution in [3.63, 3.8) is 0 Å². The average Bonchev–Trinajstić information content (AvgIpc) is 3.30. The summed E-state index contributed by atoms with van der Waals surface area (Å²) in [6.07, 6.45) is 0. The summed E-state index contributed by atoms with van der Waals surface area (Å²) in [5.74, 6) is -0.0595. The van der Waals surface area contributed by atoms with E-state index in [0.717, 1.165) is 38.5 Å². The third kappa shape index (κ3) is 3.94. The van der Waals surface area contributed by atoms with E-state index in [4.69, 9.17) is 4.98 Å². The molecular formula is C29H24N2OS. The van der Waals surface area contributed by atoms with Gasteiger partial charge in [-0.05, 0) is 60.9 Å². The number of nitrogens with one attached hydrogen (secondary N) is 1. The van der Waals surface area contributed by atoms with E-state index in [-0.39, 0.29) is 5.91 Å². The second-order valence-corrected chi connectivity index (χ2v) is 9.36. The summed E-state index contributed by atoms with van der Waals surface area (Å²) in [4.78, 5) is 18.5. The third-order valence-electron chi connectivity index (χ3n) is 6.17. The van der Waals surface area contributed by atoms with Crippen molar-refractivity contribution in [1.82, 2.24) is 4.98 Å². The average molecular weight is 449 g/mol. The van der Waals surface area contributed by atoms with Gasteiger partial charge in [0, 0.05) is 11.3 Å². The Kier molecular flexibility index (Phi) is 5.53. The van der Waals surface area contributed by atoms with Crippen LogP contribution in [0.3, 0.4) is 0 Å². The van der Waals surface area contributed by atoms with Crippen LogP contribution in [0.15, 0.2) is 103 Å². The molecule has 4 heteroatoms. The number of amides is 1. The normalized spacial score (nSPS) is 11.5. The van der Waals surface area contributed by atoms with E-state index >= 15 is 0 Å². The van der Waals surface area contributed by atoms with Crippen molar-refractivity contribution < 1.29 is 4.79 Å². The lowest BCUT2D eigenvalue weighted by atomic mass is 9.75. The molecular weight excluding hydrogens is 424 g/mol. The minimum Gasteiger partial charge on any atom is -0.325 e. The SMILES string of the molecule is Cc1cc(-c2nc3ccccc3s2)ccc1NC(=O)C(C)(c1ccccc1)c1ccccc1. The Hall–Kier alpha value is -3.76. The monoisotopic (exact) mass is 448 g/mol. The Morgan fingerprint density at radius 3 is 2.03 bits per heavy atom. The van der Waals surface area contributed by atoms with Crippen LogP contribution in [-0.4, -0.2) is 10.9 Å². The first-order chi connectivity index (χ1) is 16.1. The first-order valence-electron chi connectivity index (χ1n) is 10.9. The zero-order chi connectivity index (χ0) is 22.8. The Balaban J connectivity index is 1.48. The van der Waals surface area contributed by atoms with Gasteiger partial charge < -0.3 is 5.32 Å². The summed E-state index contributed by atoms with van der Waals surface area (Å²) in [6.45, 7) is 4.01. The number of aromatic nitrogens is 1. The van der Waals surface area contributed by atoms with Gasteiger partial charge in [0.2, 0.25) is 5.91 Å². The Labute approximate surface area is 197 Å². The molecule has 5 rings (SSSR count). The van der Waals surface area contributed by atoms with Gasteiger partial charge in [0.25, 0.3) is 0 Å². The summed E-state index contributed by atoms with van der Waals surface area (Å²) >= 11 is 1.68. The molecule has 1 N–H and O–H groups in total. The lowest BCUT2D eigenvalue weighted by molar-refractivity contribution is -0.119. The molecule has 0 atom stereocenters. The van der Waals surface area contributed by atoms with Crippen molar-refractivity contribution in [2.24, 2.45) is 0 Å². The maximum atomic E-state index is 13.7. The van der Waals surface area contributed by atoms with Crippen molar-refractivity contribution in [3.05, 3.63) is 120 Å². The predicted octanol–water partition coefficient (Wildman–Crippen LogP) is 7.22. The van der Waals surface area contributed by atoms with Gasteiger partial charge in [-0.15, -0.1) is 11.3 Å². The lowest BCUT2D eigenvalue weighted by Crippen LogP contribution is -2.38. The molecule has 0 radical (unpaired) electrons. The van der Waals surface area contributed by atoms with Crippen LogP contribution in [0.4, 0.5) is 5.69 Å². The fraction of sp³-hybridized carbons (Fsp3) is 0.103. The minimum absolute atomic E-state index is 0.0595. The fourth-order valence-corrected chi connectivity index (χ4v) is 5.11. The maximum Gasteiger partial charge on any atom is 0.239 e. The van der Waals surface area contributed by atoms with E-state index in [9.17, 15) is 4.79 Å². The molecule has 1 amide bonds. The van der Waals surface area contributed by atoms with E-state index in [1.807, 2.05) is 105 Å². The largest absolute Gasteiger partial charge is 0.325 e. The molecule has 0 spiro atoms. The number of hydrogen-bond donors (Lipinski definition) is 1. The number of anilines is 1. The first kappa shape index (κ1) is 21.1. The van der Waals surface area contributed by atoms with E-state index in [1.54, 1.807) is 11.3 Å². The third-order valence-corrected chi connectivity index (χ3v) is 7.26. The molecule has 33 heavy (non-hydrogen) atoms. The van der Waals surface area contributed by atoms with Crippen LogP contribution in [0.5, 0.6) is 0 Å². The molecule has 0 unspecified atom stereocenters. The number of para-hydroxylation sites is 1. The smallest absolute Gasteiger partial charge is 0.239 e. The number of thiazole rings is 1. The minimum atomic E-state index is -0.819. The zero-order valence-corrected chi connectivity index (χ0v) is 19.4. The second kappa shape index (κ2) is 8.64. The van der Waals surface area contributed by atoms with Gasteiger partial charge in [0.1, 0.15) is 5.01 Å². The van der Waals surface area contributed by atoms with E-state index in [1.165, 1.54) is 4.70 Å². The molecule has 162 valence electrons. The van der Waals surface area contributed by atoms with Gasteiger partial charge in [0.05, 0.1) is 15.6 Å². The Morgan fingerprint density at radius 1 is 0.818 bits per heavy atom. The summed E-state index contributed by atoms with van der Waals surface area (Å²) in [6, 6.07) is 34.1. The van der Waals surface area contributed by atoms with Gasteiger partial charge in [-0.3, -0.25) is 4.79 Å². The number of aryl methyl sites for hydroxylation is 1. The molecule has 1 aromatic heterocycles. The van der Waals surface area contributed by atoms with Crippen LogP contribution >= 0.6 is 11.3 Å². The first-order valence-corrected chi connectivity index (χ1v) is 11.8. The van der Waals surface area contributed by atoms with Crippen molar-refractivity contribution in [3.8, 4) is 10.6 Å². The topological polar surface area (TPSA) is 42.0 Å². The highest BCUT2D eigenvalue weighted by atomic mass is 32.1. The van der Waals surface area contributed by atoms with Crippen molar-refractivity contribution >= 4 is 33.1 Å². The highest BCUT2D eigenvalue weighted by molar-refractivity contribution is 7.21. The van der Waals surface area contributed by atoms with Gasteiger partial charge in [-0.25, -0.2) is 4.98 Å². The molecule has 0 saturated carbocycles. The Morgan fingerprint density at radius 2 is 1.42 bits per heavy atom. The maximum absolute atomic E-state index is 13.7. The number of hydrogen-bond acceptors (Lipinski definition) is 3. The Bertz CT molecular complexity index is 1350. The summed E-state index contributed by atoms with van der Waals surface area (Å²) in [5, 5.41) is 4.18. The molecule has 0 fully saturated rings. The lowest BCUT2D eigenvalue weighted by Gasteiger charge is -2.30. The standard InChI is InChI=1S/C29H24N2OS/c1-20-19-21(27-30-25-15-9-10-16-26(25)33-27)17-18-24(20)31-28(32)29(2,22-11-5-3-6-12-22)23-13-7-4-8-14-23/h3-19H,1-2H3,(H,31,32). The van der Waals surface area contributed by atoms with Gasteiger partial charge in [-0.2, -0.15) is 0 Å². The molecule has 0 bridgehead atoms. The predicted molar refractivity (Wildman–Crippen MR) is 138 cm³/mol. The number of carbonyl (C=O) groups is 1. The molecule has 5 aromatic rings. The van der Waals surface area contributed by atoms with Crippen LogP contribution in [-0.2, 0) is 10.2 Å². The molecule has 0 aliphatic carbocycles. The van der Waals surface area contributed by atoms with Crippen LogP contribution in [0, 0.1) is 6.92 Å². The van der Waals surface area contributed by atoms with E-state index in [2.05, 4.69) is 17.4 Å². The van der Waals surface area contributed by atoms with E-state index < -0.39 is 5.41 Å². The van der Waals surface area contributed by atoms with Gasteiger partial charge >= 0.3 is 0 Å². The van der Waals surface area contributed by atoms with Crippen LogP contribution in [0.25, 0.3) is 20.8 Å². The van der Waals surface area contributed by atoms with Crippen molar-refractivity contribution in [1.29, 1.82) is 0 Å². The van der Waals surface area contributed by atoms with Crippen LogP contribution in [0.2, 0.25) is 0 Å². The van der Waals surface area contributed by atoms with Crippen molar-refractivity contribution in [2.75, 3.05) is 5.32 Å². The molecule has 1 heterocycles. The zero-order valence-electron chi connectivity index (χ0n) is 18.6.